The van der Waals surface area contributed by atoms with Gasteiger partial charge in [-0.3, -0.25) is 4.90 Å². The quantitative estimate of drug-likeness (QED) is 0.859. The molecule has 3 heterocycles. The molecule has 2 aromatic rings. The molecular weight excluding hydrogens is 294 g/mol. The van der Waals surface area contributed by atoms with Crippen LogP contribution in [0.25, 0.3) is 0 Å². The van der Waals surface area contributed by atoms with Crippen LogP contribution < -0.4 is 0 Å². The van der Waals surface area contributed by atoms with Crippen molar-refractivity contribution in [3.63, 3.8) is 0 Å². The second-order valence-corrected chi connectivity index (χ2v) is 6.88. The third-order valence-corrected chi connectivity index (χ3v) is 5.12. The van der Waals surface area contributed by atoms with E-state index in [0.717, 1.165) is 43.9 Å². The van der Waals surface area contributed by atoms with Crippen LogP contribution in [0, 0.1) is 6.92 Å². The minimum Gasteiger partial charge on any atom is -0.348 e. The molecule has 0 radical (unpaired) electrons. The maximum absolute atomic E-state index is 4.75. The van der Waals surface area contributed by atoms with Gasteiger partial charge in [0, 0.05) is 37.3 Å². The molecule has 0 fully saturated rings. The summed E-state index contributed by atoms with van der Waals surface area (Å²) in [5, 5.41) is 0. The number of aryl methyl sites for hydroxylation is 2. The SMILES string of the molecule is CCc1nc(CN2CCc3[nH]cnc3[C@@H]2CCSC)c(C)[nH]1. The topological polar surface area (TPSA) is 60.6 Å². The number of H-pyrrole nitrogens is 2. The van der Waals surface area contributed by atoms with Crippen molar-refractivity contribution in [1.82, 2.24) is 24.8 Å². The van der Waals surface area contributed by atoms with Gasteiger partial charge >= 0.3 is 0 Å². The molecule has 3 rings (SSSR count). The predicted molar refractivity (Wildman–Crippen MR) is 91.1 cm³/mol. The Hall–Kier alpha value is -1.27. The maximum atomic E-state index is 4.75. The summed E-state index contributed by atoms with van der Waals surface area (Å²) in [6.07, 6.45) is 7.16. The number of nitrogens with zero attached hydrogens (tertiary/aromatic N) is 3. The Morgan fingerprint density at radius 2 is 2.32 bits per heavy atom. The van der Waals surface area contributed by atoms with E-state index in [1.807, 2.05) is 18.1 Å². The summed E-state index contributed by atoms with van der Waals surface area (Å²) in [4.78, 5) is 18.6. The summed E-state index contributed by atoms with van der Waals surface area (Å²) in [5.74, 6) is 2.25. The highest BCUT2D eigenvalue weighted by Gasteiger charge is 2.29. The monoisotopic (exact) mass is 319 g/mol. The highest BCUT2D eigenvalue weighted by molar-refractivity contribution is 7.98. The van der Waals surface area contributed by atoms with E-state index in [4.69, 9.17) is 4.98 Å². The van der Waals surface area contributed by atoms with Crippen molar-refractivity contribution in [2.75, 3.05) is 18.6 Å². The zero-order valence-corrected chi connectivity index (χ0v) is 14.5. The molecule has 0 aliphatic carbocycles. The second kappa shape index (κ2) is 6.87. The maximum Gasteiger partial charge on any atom is 0.106 e. The van der Waals surface area contributed by atoms with Gasteiger partial charge in [0.2, 0.25) is 0 Å². The first-order valence-electron chi connectivity index (χ1n) is 8.02. The molecule has 0 spiro atoms. The second-order valence-electron chi connectivity index (χ2n) is 5.89. The van der Waals surface area contributed by atoms with Gasteiger partial charge in [0.15, 0.2) is 0 Å². The van der Waals surface area contributed by atoms with E-state index >= 15 is 0 Å². The van der Waals surface area contributed by atoms with Gasteiger partial charge in [0.1, 0.15) is 5.82 Å². The van der Waals surface area contributed by atoms with Crippen molar-refractivity contribution >= 4 is 11.8 Å². The lowest BCUT2D eigenvalue weighted by Gasteiger charge is -2.34. The van der Waals surface area contributed by atoms with Gasteiger partial charge < -0.3 is 9.97 Å². The molecule has 2 N–H and O–H groups in total. The Balaban J connectivity index is 1.80. The highest BCUT2D eigenvalue weighted by Crippen LogP contribution is 2.32. The average molecular weight is 319 g/mol. The molecule has 0 bridgehead atoms. The van der Waals surface area contributed by atoms with Crippen molar-refractivity contribution in [1.29, 1.82) is 0 Å². The first-order valence-corrected chi connectivity index (χ1v) is 9.41. The number of hydrogen-bond donors (Lipinski definition) is 2. The molecular formula is C16H25N5S. The van der Waals surface area contributed by atoms with E-state index in [9.17, 15) is 0 Å². The first-order chi connectivity index (χ1) is 10.7. The summed E-state index contributed by atoms with van der Waals surface area (Å²) >= 11 is 1.91. The normalized spacial score (nSPS) is 18.6. The summed E-state index contributed by atoms with van der Waals surface area (Å²) < 4.78 is 0. The van der Waals surface area contributed by atoms with Crippen LogP contribution in [-0.4, -0.2) is 43.4 Å². The first kappa shape index (κ1) is 15.6. The van der Waals surface area contributed by atoms with Gasteiger partial charge in [-0.05, 0) is 25.4 Å². The Morgan fingerprint density at radius 3 is 3.05 bits per heavy atom. The predicted octanol–water partition coefficient (Wildman–Crippen LogP) is 2.86. The van der Waals surface area contributed by atoms with E-state index in [2.05, 4.69) is 40.0 Å². The number of aromatic amines is 2. The van der Waals surface area contributed by atoms with Gasteiger partial charge in [-0.15, -0.1) is 0 Å². The molecule has 0 unspecified atom stereocenters. The molecule has 22 heavy (non-hydrogen) atoms. The van der Waals surface area contributed by atoms with Gasteiger partial charge in [-0.2, -0.15) is 11.8 Å². The van der Waals surface area contributed by atoms with E-state index in [1.54, 1.807) is 0 Å². The fourth-order valence-corrected chi connectivity index (χ4v) is 3.68. The Morgan fingerprint density at radius 1 is 1.45 bits per heavy atom. The Kier molecular flexibility index (Phi) is 4.88. The van der Waals surface area contributed by atoms with Crippen LogP contribution in [0.2, 0.25) is 0 Å². The van der Waals surface area contributed by atoms with Gasteiger partial charge in [-0.25, -0.2) is 9.97 Å². The molecule has 0 saturated carbocycles. The number of rotatable bonds is 6. The molecule has 1 aliphatic rings. The molecule has 2 aromatic heterocycles. The van der Waals surface area contributed by atoms with Crippen LogP contribution in [0.15, 0.2) is 6.33 Å². The lowest BCUT2D eigenvalue weighted by Crippen LogP contribution is -2.35. The van der Waals surface area contributed by atoms with Crippen LogP contribution in [0.3, 0.4) is 0 Å². The number of thioether (sulfide) groups is 1. The minimum atomic E-state index is 0.406. The van der Waals surface area contributed by atoms with Gasteiger partial charge in [0.25, 0.3) is 0 Å². The number of hydrogen-bond acceptors (Lipinski definition) is 4. The molecule has 6 heteroatoms. The largest absolute Gasteiger partial charge is 0.348 e. The van der Waals surface area contributed by atoms with Crippen LogP contribution >= 0.6 is 11.8 Å². The average Bonchev–Trinajstić information content (AvgIpc) is 3.13. The van der Waals surface area contributed by atoms with Crippen molar-refractivity contribution < 1.29 is 0 Å². The third kappa shape index (κ3) is 3.08. The summed E-state index contributed by atoms with van der Waals surface area (Å²) in [5.41, 5.74) is 4.94. The summed E-state index contributed by atoms with van der Waals surface area (Å²) in [6.45, 7) is 6.25. The Bertz CT molecular complexity index is 618. The van der Waals surface area contributed by atoms with Crippen LogP contribution in [-0.2, 0) is 19.4 Å². The highest BCUT2D eigenvalue weighted by atomic mass is 32.2. The van der Waals surface area contributed by atoms with E-state index < -0.39 is 0 Å². The third-order valence-electron chi connectivity index (χ3n) is 4.47. The fourth-order valence-electron chi connectivity index (χ4n) is 3.22. The minimum absolute atomic E-state index is 0.406. The molecule has 120 valence electrons. The number of fused-ring (bicyclic) bond motifs is 1. The van der Waals surface area contributed by atoms with Crippen molar-refractivity contribution in [3.8, 4) is 0 Å². The molecule has 1 aliphatic heterocycles. The van der Waals surface area contributed by atoms with Gasteiger partial charge in [-0.1, -0.05) is 6.92 Å². The summed E-state index contributed by atoms with van der Waals surface area (Å²) in [7, 11) is 0. The molecule has 0 saturated heterocycles. The van der Waals surface area contributed by atoms with E-state index in [-0.39, 0.29) is 0 Å². The Labute approximate surface area is 136 Å². The van der Waals surface area contributed by atoms with Crippen molar-refractivity contribution in [3.05, 3.63) is 34.9 Å². The van der Waals surface area contributed by atoms with Crippen molar-refractivity contribution in [2.24, 2.45) is 0 Å². The lowest BCUT2D eigenvalue weighted by molar-refractivity contribution is 0.166. The number of aromatic nitrogens is 4. The zero-order valence-electron chi connectivity index (χ0n) is 13.6. The molecule has 1 atom stereocenters. The van der Waals surface area contributed by atoms with Gasteiger partial charge in [0.05, 0.1) is 23.8 Å². The lowest BCUT2D eigenvalue weighted by atomic mass is 10.00. The van der Waals surface area contributed by atoms with E-state index in [0.29, 0.717) is 6.04 Å². The molecule has 0 aromatic carbocycles. The van der Waals surface area contributed by atoms with Crippen LogP contribution in [0.4, 0.5) is 0 Å². The number of nitrogens with one attached hydrogen (secondary N) is 2. The van der Waals surface area contributed by atoms with Crippen LogP contribution in [0.5, 0.6) is 0 Å². The molecule has 5 nitrogen and oxygen atoms in total. The smallest absolute Gasteiger partial charge is 0.106 e. The standard InChI is InChI=1S/C16H25N5S/c1-4-15-19-11(2)13(20-15)9-21-7-5-12-16(18-10-17-12)14(21)6-8-22-3/h10,14H,4-9H2,1-3H3,(H,17,18)(H,19,20)/t14-/m0/s1. The molecule has 0 amide bonds. The van der Waals surface area contributed by atoms with E-state index in [1.165, 1.54) is 22.8 Å². The van der Waals surface area contributed by atoms with Crippen LogP contribution in [0.1, 0.15) is 48.0 Å². The zero-order chi connectivity index (χ0) is 15.5. The van der Waals surface area contributed by atoms with Crippen molar-refractivity contribution in [2.45, 2.75) is 45.7 Å². The number of imidazole rings is 2. The fraction of sp³-hybridized carbons (Fsp3) is 0.625. The summed E-state index contributed by atoms with van der Waals surface area (Å²) in [6, 6.07) is 0.406.